The molecule has 76 valence electrons. The first-order chi connectivity index (χ1) is 6.13. The van der Waals surface area contributed by atoms with Gasteiger partial charge in [0, 0.05) is 20.4 Å². The van der Waals surface area contributed by atoms with Gasteiger partial charge < -0.3 is 14.8 Å². The Hall–Kier alpha value is -1.10. The molecule has 0 aliphatic rings. The number of nitrogens with one attached hydrogen (secondary N) is 1. The van der Waals surface area contributed by atoms with Crippen LogP contribution in [0.3, 0.4) is 0 Å². The van der Waals surface area contributed by atoms with E-state index in [0.29, 0.717) is 19.8 Å². The van der Waals surface area contributed by atoms with E-state index in [0.717, 1.165) is 0 Å². The Morgan fingerprint density at radius 1 is 1.15 bits per heavy atom. The van der Waals surface area contributed by atoms with E-state index in [1.54, 1.807) is 0 Å². The summed E-state index contributed by atoms with van der Waals surface area (Å²) in [5.74, 6) is -0.394. The Balaban J connectivity index is 3.00. The van der Waals surface area contributed by atoms with Crippen molar-refractivity contribution < 1.29 is 19.1 Å². The highest BCUT2D eigenvalue weighted by atomic mass is 16.6. The second-order valence-electron chi connectivity index (χ2n) is 2.44. The molecule has 0 unspecified atom stereocenters. The molecule has 1 N–H and O–H groups in total. The van der Waals surface area contributed by atoms with Crippen LogP contribution in [0.4, 0.5) is 0 Å². The van der Waals surface area contributed by atoms with E-state index in [-0.39, 0.29) is 18.5 Å². The smallest absolute Gasteiger partial charge is 0.302 e. The van der Waals surface area contributed by atoms with Gasteiger partial charge in [0.25, 0.3) is 0 Å². The number of ether oxygens (including phenoxy) is 2. The molecule has 0 aromatic heterocycles. The summed E-state index contributed by atoms with van der Waals surface area (Å²) < 4.78 is 9.66. The minimum atomic E-state index is -0.314. The molecule has 0 aliphatic heterocycles. The molecule has 0 atom stereocenters. The van der Waals surface area contributed by atoms with Crippen molar-refractivity contribution in [1.82, 2.24) is 5.32 Å². The lowest BCUT2D eigenvalue weighted by Gasteiger charge is -2.04. The number of carbonyl (C=O) groups excluding carboxylic acids is 2. The number of esters is 1. The third-order valence-corrected chi connectivity index (χ3v) is 1.15. The zero-order valence-electron chi connectivity index (χ0n) is 7.96. The van der Waals surface area contributed by atoms with Crippen LogP contribution in [0.2, 0.25) is 0 Å². The lowest BCUT2D eigenvalue weighted by atomic mass is 10.6. The largest absolute Gasteiger partial charge is 0.463 e. The summed E-state index contributed by atoms with van der Waals surface area (Å²) in [6, 6.07) is 0. The van der Waals surface area contributed by atoms with Crippen LogP contribution in [-0.4, -0.2) is 38.2 Å². The van der Waals surface area contributed by atoms with Gasteiger partial charge in [-0.25, -0.2) is 0 Å². The van der Waals surface area contributed by atoms with Crippen LogP contribution in [0.1, 0.15) is 13.8 Å². The van der Waals surface area contributed by atoms with Crippen molar-refractivity contribution in [3.63, 3.8) is 0 Å². The van der Waals surface area contributed by atoms with Crippen molar-refractivity contribution in [2.45, 2.75) is 13.8 Å². The van der Waals surface area contributed by atoms with Gasteiger partial charge in [-0.2, -0.15) is 0 Å². The summed E-state index contributed by atoms with van der Waals surface area (Å²) in [6.07, 6.45) is 0. The van der Waals surface area contributed by atoms with Gasteiger partial charge in [0.05, 0.1) is 13.2 Å². The predicted molar refractivity (Wildman–Crippen MR) is 46.1 cm³/mol. The predicted octanol–water partition coefficient (Wildman–Crippen LogP) is -0.298. The second-order valence-corrected chi connectivity index (χ2v) is 2.44. The van der Waals surface area contributed by atoms with E-state index in [4.69, 9.17) is 4.74 Å². The van der Waals surface area contributed by atoms with Crippen LogP contribution in [0.15, 0.2) is 0 Å². The van der Waals surface area contributed by atoms with Gasteiger partial charge in [-0.05, 0) is 0 Å². The fraction of sp³-hybridized carbons (Fsp3) is 0.750. The Morgan fingerprint density at radius 3 is 2.38 bits per heavy atom. The summed E-state index contributed by atoms with van der Waals surface area (Å²) in [5.41, 5.74) is 0. The summed E-state index contributed by atoms with van der Waals surface area (Å²) >= 11 is 0. The Labute approximate surface area is 77.4 Å². The first-order valence-electron chi connectivity index (χ1n) is 4.08. The van der Waals surface area contributed by atoms with Crippen LogP contribution >= 0.6 is 0 Å². The average molecular weight is 189 g/mol. The summed E-state index contributed by atoms with van der Waals surface area (Å²) in [4.78, 5) is 20.7. The topological polar surface area (TPSA) is 64.6 Å². The van der Waals surface area contributed by atoms with Crippen LogP contribution in [-0.2, 0) is 19.1 Å². The maximum atomic E-state index is 10.4. The van der Waals surface area contributed by atoms with Gasteiger partial charge in [-0.1, -0.05) is 0 Å². The van der Waals surface area contributed by atoms with Gasteiger partial charge in [-0.3, -0.25) is 9.59 Å². The highest BCUT2D eigenvalue weighted by molar-refractivity contribution is 5.72. The van der Waals surface area contributed by atoms with Crippen molar-refractivity contribution >= 4 is 11.9 Å². The van der Waals surface area contributed by atoms with Crippen molar-refractivity contribution in [1.29, 1.82) is 0 Å². The van der Waals surface area contributed by atoms with Gasteiger partial charge >= 0.3 is 5.97 Å². The van der Waals surface area contributed by atoms with Crippen molar-refractivity contribution in [3.8, 4) is 0 Å². The van der Waals surface area contributed by atoms with Gasteiger partial charge in [0.15, 0.2) is 0 Å². The summed E-state index contributed by atoms with van der Waals surface area (Å²) in [6.45, 7) is 4.32. The van der Waals surface area contributed by atoms with Crippen molar-refractivity contribution in [2.24, 2.45) is 0 Å². The first kappa shape index (κ1) is 11.9. The lowest BCUT2D eigenvalue weighted by Crippen LogP contribution is -2.25. The van der Waals surface area contributed by atoms with Crippen LogP contribution in [0.5, 0.6) is 0 Å². The highest BCUT2D eigenvalue weighted by Crippen LogP contribution is 1.78. The first-order valence-corrected chi connectivity index (χ1v) is 4.08. The molecule has 1 amide bonds. The van der Waals surface area contributed by atoms with Crippen LogP contribution in [0.25, 0.3) is 0 Å². The molecule has 0 spiro atoms. The van der Waals surface area contributed by atoms with Gasteiger partial charge in [-0.15, -0.1) is 0 Å². The monoisotopic (exact) mass is 189 g/mol. The summed E-state index contributed by atoms with van der Waals surface area (Å²) in [5, 5.41) is 2.57. The van der Waals surface area contributed by atoms with Crippen molar-refractivity contribution in [2.75, 3.05) is 26.4 Å². The molecule has 13 heavy (non-hydrogen) atoms. The van der Waals surface area contributed by atoms with E-state index in [1.165, 1.54) is 13.8 Å². The standard InChI is InChI=1S/C8H15NO4/c1-7(10)9-3-4-12-5-6-13-8(2)11/h3-6H2,1-2H3,(H,9,10). The molecule has 0 fully saturated rings. The quantitative estimate of drug-likeness (QED) is 0.460. The number of carbonyl (C=O) groups is 2. The van der Waals surface area contributed by atoms with Gasteiger partial charge in [0.1, 0.15) is 6.61 Å². The minimum absolute atomic E-state index is 0.0800. The number of rotatable bonds is 6. The third kappa shape index (κ3) is 10.9. The molecule has 0 heterocycles. The maximum Gasteiger partial charge on any atom is 0.302 e. The van der Waals surface area contributed by atoms with Crippen molar-refractivity contribution in [3.05, 3.63) is 0 Å². The molecule has 0 aliphatic carbocycles. The molecule has 0 aromatic rings. The molecule has 0 saturated carbocycles. The van der Waals surface area contributed by atoms with Gasteiger partial charge in [0.2, 0.25) is 5.91 Å². The molecule has 0 rings (SSSR count). The Bertz CT molecular complexity index is 152. The fourth-order valence-corrected chi connectivity index (χ4v) is 0.646. The summed E-state index contributed by atoms with van der Waals surface area (Å²) in [7, 11) is 0. The Morgan fingerprint density at radius 2 is 1.85 bits per heavy atom. The minimum Gasteiger partial charge on any atom is -0.463 e. The number of hydrogen-bond acceptors (Lipinski definition) is 4. The SMILES string of the molecule is CC(=O)NCCOCCOC(C)=O. The number of hydrogen-bond donors (Lipinski definition) is 1. The normalized spacial score (nSPS) is 9.38. The molecule has 0 saturated heterocycles. The molecule has 5 nitrogen and oxygen atoms in total. The lowest BCUT2D eigenvalue weighted by molar-refractivity contribution is -0.142. The molecular weight excluding hydrogens is 174 g/mol. The van der Waals surface area contributed by atoms with Crippen LogP contribution < -0.4 is 5.32 Å². The zero-order valence-corrected chi connectivity index (χ0v) is 7.96. The Kier molecular flexibility index (Phi) is 6.91. The molecular formula is C8H15NO4. The van der Waals surface area contributed by atoms with E-state index >= 15 is 0 Å². The van der Waals surface area contributed by atoms with E-state index in [9.17, 15) is 9.59 Å². The molecule has 0 aromatic carbocycles. The third-order valence-electron chi connectivity index (χ3n) is 1.15. The molecule has 0 radical (unpaired) electrons. The molecule has 5 heteroatoms. The fourth-order valence-electron chi connectivity index (χ4n) is 0.646. The average Bonchev–Trinajstić information content (AvgIpc) is 2.01. The zero-order chi connectivity index (χ0) is 10.1. The highest BCUT2D eigenvalue weighted by Gasteiger charge is 1.93. The number of amides is 1. The van der Waals surface area contributed by atoms with E-state index in [1.807, 2.05) is 0 Å². The van der Waals surface area contributed by atoms with E-state index in [2.05, 4.69) is 10.1 Å². The van der Waals surface area contributed by atoms with E-state index < -0.39 is 0 Å². The maximum absolute atomic E-state index is 10.4. The molecule has 0 bridgehead atoms. The second kappa shape index (κ2) is 7.54. The van der Waals surface area contributed by atoms with Crippen LogP contribution in [0, 0.1) is 0 Å².